The number of carboxylic acids is 1. The maximum absolute atomic E-state index is 10.7. The Morgan fingerprint density at radius 2 is 1.71 bits per heavy atom. The second-order valence-corrected chi connectivity index (χ2v) is 9.05. The van der Waals surface area contributed by atoms with Crippen LogP contribution in [0.2, 0.25) is 0 Å². The summed E-state index contributed by atoms with van der Waals surface area (Å²) in [6, 6.07) is 14.7. The molecule has 0 bridgehead atoms. The number of fused-ring (bicyclic) bond motifs is 2. The molecule has 0 atom stereocenters. The molecule has 1 aliphatic rings. The number of hydrogen-bond donors (Lipinski definition) is 0. The fraction of sp³-hybridized carbons (Fsp3) is 0.320. The van der Waals surface area contributed by atoms with E-state index < -0.39 is 5.97 Å². The molecule has 3 heteroatoms. The zero-order chi connectivity index (χ0) is 20.1. The van der Waals surface area contributed by atoms with Crippen LogP contribution >= 0.6 is 0 Å². The largest absolute Gasteiger partial charge is 0.545 e. The van der Waals surface area contributed by atoms with Gasteiger partial charge in [-0.2, -0.15) is 0 Å². The van der Waals surface area contributed by atoms with E-state index >= 15 is 0 Å². The topological polar surface area (TPSA) is 53.3 Å². The van der Waals surface area contributed by atoms with E-state index in [2.05, 4.69) is 52.0 Å². The molecule has 0 unspecified atom stereocenters. The summed E-state index contributed by atoms with van der Waals surface area (Å²) in [7, 11) is 0. The Balaban J connectivity index is 1.86. The summed E-state index contributed by atoms with van der Waals surface area (Å²) in [5, 5.41) is 11.7. The predicted molar refractivity (Wildman–Crippen MR) is 111 cm³/mol. The second kappa shape index (κ2) is 6.37. The van der Waals surface area contributed by atoms with Gasteiger partial charge in [-0.25, -0.2) is 0 Å². The van der Waals surface area contributed by atoms with Crippen LogP contribution < -0.4 is 5.11 Å². The molecule has 0 saturated heterocycles. The van der Waals surface area contributed by atoms with E-state index in [1.807, 2.05) is 18.2 Å². The summed E-state index contributed by atoms with van der Waals surface area (Å²) < 4.78 is 5.79. The van der Waals surface area contributed by atoms with E-state index in [9.17, 15) is 9.90 Å². The summed E-state index contributed by atoms with van der Waals surface area (Å²) in [4.78, 5) is 10.7. The molecule has 1 aliphatic carbocycles. The van der Waals surface area contributed by atoms with Crippen molar-refractivity contribution in [1.82, 2.24) is 0 Å². The Hall–Kier alpha value is -2.81. The number of aliphatic carboxylic acids is 1. The predicted octanol–water partition coefficient (Wildman–Crippen LogP) is 5.21. The van der Waals surface area contributed by atoms with Crippen LogP contribution in [0.25, 0.3) is 28.2 Å². The average molecular weight is 373 g/mol. The molecule has 3 aromatic rings. The van der Waals surface area contributed by atoms with E-state index in [1.54, 1.807) is 0 Å². The molecule has 0 amide bonds. The highest BCUT2D eigenvalue weighted by molar-refractivity contribution is 5.96. The lowest BCUT2D eigenvalue weighted by atomic mass is 9.63. The third kappa shape index (κ3) is 3.15. The first-order valence-electron chi connectivity index (χ1n) is 9.74. The molecule has 1 aromatic heterocycles. The standard InChI is InChI=1S/C25H26O3/c1-24(2)12-13-25(3,4)21-14-16(8-10-20(21)24)18-6-5-7-22-19(18)15-17(28-22)9-11-23(26)27/h5-11,14-15H,12-13H2,1-4H3,(H,26,27)/p-1/b11-9+. The molecule has 4 rings (SSSR count). The van der Waals surface area contributed by atoms with Crippen LogP contribution in [0.1, 0.15) is 57.4 Å². The van der Waals surface area contributed by atoms with Crippen LogP contribution in [0.3, 0.4) is 0 Å². The fourth-order valence-electron chi connectivity index (χ4n) is 4.32. The van der Waals surface area contributed by atoms with E-state index in [1.165, 1.54) is 30.0 Å². The van der Waals surface area contributed by atoms with Crippen LogP contribution in [0.4, 0.5) is 0 Å². The van der Waals surface area contributed by atoms with Gasteiger partial charge in [0.1, 0.15) is 11.3 Å². The Labute approximate surface area is 165 Å². The molecule has 144 valence electrons. The lowest BCUT2D eigenvalue weighted by molar-refractivity contribution is -0.297. The van der Waals surface area contributed by atoms with Gasteiger partial charge in [0.15, 0.2) is 0 Å². The zero-order valence-electron chi connectivity index (χ0n) is 16.8. The highest BCUT2D eigenvalue weighted by atomic mass is 16.4. The summed E-state index contributed by atoms with van der Waals surface area (Å²) in [5.41, 5.74) is 6.18. The molecular formula is C25H25O3-. The van der Waals surface area contributed by atoms with Crippen LogP contribution in [0, 0.1) is 0 Å². The van der Waals surface area contributed by atoms with Gasteiger partial charge in [-0.3, -0.25) is 0 Å². The molecule has 1 heterocycles. The Bertz CT molecular complexity index is 1100. The Morgan fingerprint density at radius 3 is 2.43 bits per heavy atom. The van der Waals surface area contributed by atoms with Gasteiger partial charge < -0.3 is 14.3 Å². The minimum absolute atomic E-state index is 0.146. The first kappa shape index (κ1) is 18.5. The number of carboxylic acid groups (broad SMARTS) is 1. The lowest BCUT2D eigenvalue weighted by Gasteiger charge is -2.42. The van der Waals surface area contributed by atoms with E-state index in [-0.39, 0.29) is 10.8 Å². The van der Waals surface area contributed by atoms with Crippen molar-refractivity contribution in [3.05, 3.63) is 65.4 Å². The molecule has 28 heavy (non-hydrogen) atoms. The normalized spacial score (nSPS) is 17.7. The van der Waals surface area contributed by atoms with Crippen molar-refractivity contribution < 1.29 is 14.3 Å². The second-order valence-electron chi connectivity index (χ2n) is 9.05. The Morgan fingerprint density at radius 1 is 1.00 bits per heavy atom. The van der Waals surface area contributed by atoms with Gasteiger partial charge in [0, 0.05) is 5.39 Å². The minimum atomic E-state index is -1.24. The van der Waals surface area contributed by atoms with Gasteiger partial charge >= 0.3 is 0 Å². The van der Waals surface area contributed by atoms with Crippen molar-refractivity contribution in [2.45, 2.75) is 51.4 Å². The summed E-state index contributed by atoms with van der Waals surface area (Å²) in [6.07, 6.45) is 4.78. The highest BCUT2D eigenvalue weighted by Gasteiger charge is 2.37. The Kier molecular flexibility index (Phi) is 4.22. The van der Waals surface area contributed by atoms with Gasteiger partial charge in [-0.05, 0) is 70.2 Å². The number of hydrogen-bond acceptors (Lipinski definition) is 3. The maximum atomic E-state index is 10.7. The van der Waals surface area contributed by atoms with Crippen LogP contribution in [0.15, 0.2) is 53.0 Å². The van der Waals surface area contributed by atoms with E-state index in [0.29, 0.717) is 5.76 Å². The summed E-state index contributed by atoms with van der Waals surface area (Å²) in [6.45, 7) is 9.30. The fourth-order valence-corrected chi connectivity index (χ4v) is 4.32. The summed E-state index contributed by atoms with van der Waals surface area (Å²) in [5.74, 6) is -0.730. The van der Waals surface area contributed by atoms with E-state index in [0.717, 1.165) is 28.2 Å². The van der Waals surface area contributed by atoms with Gasteiger partial charge in [0.05, 0.1) is 5.97 Å². The summed E-state index contributed by atoms with van der Waals surface area (Å²) >= 11 is 0. The lowest BCUT2D eigenvalue weighted by Crippen LogP contribution is -2.33. The minimum Gasteiger partial charge on any atom is -0.545 e. The molecule has 0 spiro atoms. The molecule has 0 aliphatic heterocycles. The van der Waals surface area contributed by atoms with Gasteiger partial charge in [0.25, 0.3) is 0 Å². The highest BCUT2D eigenvalue weighted by Crippen LogP contribution is 2.47. The zero-order valence-corrected chi connectivity index (χ0v) is 16.8. The van der Waals surface area contributed by atoms with Gasteiger partial charge in [-0.15, -0.1) is 0 Å². The number of furan rings is 1. The molecule has 0 N–H and O–H groups in total. The van der Waals surface area contributed by atoms with Gasteiger partial charge in [-0.1, -0.05) is 58.0 Å². The molecule has 0 saturated carbocycles. The monoisotopic (exact) mass is 373 g/mol. The van der Waals surface area contributed by atoms with Crippen LogP contribution in [0.5, 0.6) is 0 Å². The van der Waals surface area contributed by atoms with Crippen molar-refractivity contribution in [3.8, 4) is 11.1 Å². The van der Waals surface area contributed by atoms with Crippen molar-refractivity contribution >= 4 is 23.0 Å². The number of rotatable bonds is 3. The van der Waals surface area contributed by atoms with Crippen LogP contribution in [-0.4, -0.2) is 5.97 Å². The first-order valence-corrected chi connectivity index (χ1v) is 9.74. The van der Waals surface area contributed by atoms with Crippen molar-refractivity contribution in [3.63, 3.8) is 0 Å². The molecule has 0 radical (unpaired) electrons. The average Bonchev–Trinajstić information content (AvgIpc) is 3.07. The number of benzene rings is 2. The molecular weight excluding hydrogens is 348 g/mol. The third-order valence-electron chi connectivity index (χ3n) is 6.13. The maximum Gasteiger partial charge on any atom is 0.135 e. The van der Waals surface area contributed by atoms with E-state index in [4.69, 9.17) is 4.42 Å². The van der Waals surface area contributed by atoms with Crippen molar-refractivity contribution in [1.29, 1.82) is 0 Å². The first-order chi connectivity index (χ1) is 13.2. The SMILES string of the molecule is CC1(C)CCC(C)(C)c2cc(-c3cccc4oc(/C=C/C(=O)[O-])cc34)ccc21. The molecule has 0 fully saturated rings. The van der Waals surface area contributed by atoms with Gasteiger partial charge in [0.2, 0.25) is 0 Å². The van der Waals surface area contributed by atoms with Crippen LogP contribution in [-0.2, 0) is 15.6 Å². The smallest absolute Gasteiger partial charge is 0.135 e. The van der Waals surface area contributed by atoms with Crippen molar-refractivity contribution in [2.24, 2.45) is 0 Å². The molecule has 2 aromatic carbocycles. The number of carbonyl (C=O) groups is 1. The number of carbonyl (C=O) groups excluding carboxylic acids is 1. The quantitative estimate of drug-likeness (QED) is 0.592. The third-order valence-corrected chi connectivity index (χ3v) is 6.13. The van der Waals surface area contributed by atoms with Crippen molar-refractivity contribution in [2.75, 3.05) is 0 Å². The molecule has 3 nitrogen and oxygen atoms in total.